The summed E-state index contributed by atoms with van der Waals surface area (Å²) in [7, 11) is -4.20. The van der Waals surface area contributed by atoms with Crippen molar-refractivity contribution in [2.24, 2.45) is 0 Å². The van der Waals surface area contributed by atoms with E-state index in [-0.39, 0.29) is 6.61 Å². The molecule has 4 nitrogen and oxygen atoms in total. The van der Waals surface area contributed by atoms with Crippen molar-refractivity contribution in [3.05, 3.63) is 0 Å². The average molecular weight is 266 g/mol. The molecule has 0 fully saturated rings. The van der Waals surface area contributed by atoms with E-state index in [1.54, 1.807) is 0 Å². The Morgan fingerprint density at radius 2 is 2.11 bits per heavy atom. The second-order valence-electron chi connectivity index (χ2n) is 1.29. The normalized spacial score (nSPS) is 11.8. The largest absolute Gasteiger partial charge is 0.397 e. The maximum Gasteiger partial charge on any atom is 0.397 e. The van der Waals surface area contributed by atoms with Gasteiger partial charge in [-0.05, 0) is 6.42 Å². The van der Waals surface area contributed by atoms with Gasteiger partial charge in [0.2, 0.25) is 0 Å². The maximum atomic E-state index is 9.84. The number of hydrogen-bond acceptors (Lipinski definition) is 3. The van der Waals surface area contributed by atoms with E-state index >= 15 is 0 Å². The van der Waals surface area contributed by atoms with Gasteiger partial charge in [-0.25, -0.2) is 4.18 Å². The van der Waals surface area contributed by atoms with Crippen molar-refractivity contribution in [2.75, 3.05) is 11.0 Å². The van der Waals surface area contributed by atoms with Gasteiger partial charge in [-0.3, -0.25) is 4.55 Å². The van der Waals surface area contributed by atoms with E-state index in [9.17, 15) is 8.42 Å². The fourth-order valence-electron chi connectivity index (χ4n) is 0.219. The summed E-state index contributed by atoms with van der Waals surface area (Å²) in [4.78, 5) is 0. The molecule has 0 amide bonds. The van der Waals surface area contributed by atoms with Crippen LogP contribution in [0.3, 0.4) is 0 Å². The summed E-state index contributed by atoms with van der Waals surface area (Å²) < 4.78 is 32.5. The molecule has 0 bridgehead atoms. The third-order valence-electron chi connectivity index (χ3n) is 0.510. The van der Waals surface area contributed by atoms with Crippen molar-refractivity contribution < 1.29 is 17.2 Å². The summed E-state index contributed by atoms with van der Waals surface area (Å²) in [6.07, 6.45) is 0.625. The molecule has 6 heteroatoms. The highest BCUT2D eigenvalue weighted by atomic mass is 127. The number of rotatable bonds is 4. The van der Waals surface area contributed by atoms with Crippen LogP contribution in [0.2, 0.25) is 0 Å². The number of halogens is 1. The molecule has 0 radical (unpaired) electrons. The lowest BCUT2D eigenvalue weighted by Crippen LogP contribution is -2.04. The van der Waals surface area contributed by atoms with Crippen molar-refractivity contribution in [3.63, 3.8) is 0 Å². The quantitative estimate of drug-likeness (QED) is 0.351. The Bertz CT molecular complexity index is 151. The Morgan fingerprint density at radius 3 is 2.44 bits per heavy atom. The van der Waals surface area contributed by atoms with Gasteiger partial charge in [0, 0.05) is 4.43 Å². The van der Waals surface area contributed by atoms with E-state index in [1.807, 2.05) is 0 Å². The fraction of sp³-hybridized carbons (Fsp3) is 1.00. The van der Waals surface area contributed by atoms with Crippen molar-refractivity contribution in [3.8, 4) is 0 Å². The minimum absolute atomic E-state index is 0.0573. The topological polar surface area (TPSA) is 63.6 Å². The van der Waals surface area contributed by atoms with E-state index in [0.29, 0.717) is 6.42 Å². The van der Waals surface area contributed by atoms with E-state index in [4.69, 9.17) is 4.55 Å². The summed E-state index contributed by atoms with van der Waals surface area (Å²) in [5.41, 5.74) is 0. The van der Waals surface area contributed by atoms with Crippen molar-refractivity contribution in [2.45, 2.75) is 6.42 Å². The first-order valence-corrected chi connectivity index (χ1v) is 5.13. The van der Waals surface area contributed by atoms with E-state index in [2.05, 4.69) is 26.8 Å². The smallest absolute Gasteiger partial charge is 0.264 e. The molecule has 56 valence electrons. The van der Waals surface area contributed by atoms with Crippen LogP contribution >= 0.6 is 22.6 Å². The van der Waals surface area contributed by atoms with Gasteiger partial charge in [-0.1, -0.05) is 22.6 Å². The SMILES string of the molecule is O=S(=O)(O)OCCCI. The van der Waals surface area contributed by atoms with Crippen LogP contribution in [0.15, 0.2) is 0 Å². The minimum atomic E-state index is -4.20. The molecular formula is C3H7IO4S. The summed E-state index contributed by atoms with van der Waals surface area (Å²) in [5.74, 6) is 0. The monoisotopic (exact) mass is 266 g/mol. The molecule has 0 heterocycles. The van der Waals surface area contributed by atoms with Gasteiger partial charge < -0.3 is 0 Å². The molecule has 0 aliphatic carbocycles. The molecule has 0 atom stereocenters. The molecule has 1 N–H and O–H groups in total. The maximum absolute atomic E-state index is 9.84. The van der Waals surface area contributed by atoms with Gasteiger partial charge in [0.25, 0.3) is 0 Å². The number of hydrogen-bond donors (Lipinski definition) is 1. The molecule has 0 saturated carbocycles. The van der Waals surface area contributed by atoms with Crippen LogP contribution in [0.5, 0.6) is 0 Å². The second-order valence-corrected chi connectivity index (χ2v) is 3.46. The molecule has 0 aliphatic heterocycles. The first kappa shape index (κ1) is 9.60. The molecular weight excluding hydrogens is 259 g/mol. The van der Waals surface area contributed by atoms with Crippen LogP contribution in [-0.2, 0) is 14.6 Å². The summed E-state index contributed by atoms with van der Waals surface area (Å²) in [5, 5.41) is 0. The van der Waals surface area contributed by atoms with Gasteiger partial charge in [0.05, 0.1) is 6.61 Å². The standard InChI is InChI=1S/C3H7IO4S/c4-2-1-3-8-9(5,6)7/h1-3H2,(H,5,6,7). The predicted molar refractivity (Wildman–Crippen MR) is 41.0 cm³/mol. The van der Waals surface area contributed by atoms with E-state index in [1.165, 1.54) is 0 Å². The molecule has 0 aromatic heterocycles. The van der Waals surface area contributed by atoms with Crippen LogP contribution < -0.4 is 0 Å². The highest BCUT2D eigenvalue weighted by Crippen LogP contribution is 1.92. The molecule has 0 aromatic rings. The Hall–Kier alpha value is 0.600. The zero-order chi connectivity index (χ0) is 7.33. The molecule has 0 spiro atoms. The van der Waals surface area contributed by atoms with Crippen LogP contribution in [0, 0.1) is 0 Å². The average Bonchev–Trinajstić information content (AvgIpc) is 1.63. The summed E-state index contributed by atoms with van der Waals surface area (Å²) in [6.45, 7) is 0.0573. The van der Waals surface area contributed by atoms with Gasteiger partial charge >= 0.3 is 10.4 Å². The molecule has 0 unspecified atom stereocenters. The van der Waals surface area contributed by atoms with Crippen LogP contribution in [0.4, 0.5) is 0 Å². The zero-order valence-electron chi connectivity index (χ0n) is 4.58. The highest BCUT2D eigenvalue weighted by Gasteiger charge is 2.01. The summed E-state index contributed by atoms with van der Waals surface area (Å²) >= 11 is 2.08. The lowest BCUT2D eigenvalue weighted by molar-refractivity contribution is 0.270. The van der Waals surface area contributed by atoms with Crippen LogP contribution in [-0.4, -0.2) is 24.0 Å². The molecule has 9 heavy (non-hydrogen) atoms. The highest BCUT2D eigenvalue weighted by molar-refractivity contribution is 14.1. The van der Waals surface area contributed by atoms with Crippen LogP contribution in [0.25, 0.3) is 0 Å². The first-order chi connectivity index (χ1) is 4.06. The van der Waals surface area contributed by atoms with Crippen molar-refractivity contribution in [1.29, 1.82) is 0 Å². The van der Waals surface area contributed by atoms with Gasteiger partial charge in [-0.2, -0.15) is 8.42 Å². The van der Waals surface area contributed by atoms with Gasteiger partial charge in [0.15, 0.2) is 0 Å². The molecule has 0 rings (SSSR count). The fourth-order valence-corrected chi connectivity index (χ4v) is 0.859. The second kappa shape index (κ2) is 4.42. The van der Waals surface area contributed by atoms with Crippen molar-refractivity contribution in [1.82, 2.24) is 0 Å². The minimum Gasteiger partial charge on any atom is -0.264 e. The zero-order valence-corrected chi connectivity index (χ0v) is 7.55. The molecule has 0 aliphatic rings. The van der Waals surface area contributed by atoms with Gasteiger partial charge in [-0.15, -0.1) is 0 Å². The third-order valence-corrected chi connectivity index (χ3v) is 1.74. The molecule has 0 aromatic carbocycles. The Morgan fingerprint density at radius 1 is 1.56 bits per heavy atom. The lowest BCUT2D eigenvalue weighted by atomic mass is 10.5. The van der Waals surface area contributed by atoms with Crippen LogP contribution in [0.1, 0.15) is 6.42 Å². The first-order valence-electron chi connectivity index (χ1n) is 2.24. The van der Waals surface area contributed by atoms with Gasteiger partial charge in [0.1, 0.15) is 0 Å². The number of alkyl halides is 1. The lowest BCUT2D eigenvalue weighted by Gasteiger charge is -1.94. The Kier molecular flexibility index (Phi) is 4.72. The Balaban J connectivity index is 3.30. The van der Waals surface area contributed by atoms with E-state index < -0.39 is 10.4 Å². The third kappa shape index (κ3) is 8.60. The molecule has 0 saturated heterocycles. The van der Waals surface area contributed by atoms with Crippen molar-refractivity contribution >= 4 is 33.0 Å². The van der Waals surface area contributed by atoms with E-state index in [0.717, 1.165) is 4.43 Å². The predicted octanol–water partition coefficient (Wildman–Crippen LogP) is 0.631. The Labute approximate surface area is 67.7 Å². The summed E-state index contributed by atoms with van der Waals surface area (Å²) in [6, 6.07) is 0.